The number of benzene rings is 3. The first-order valence-corrected chi connectivity index (χ1v) is 11.5. The van der Waals surface area contributed by atoms with Crippen LogP contribution in [0.2, 0.25) is 10.0 Å². The minimum absolute atomic E-state index is 0.314. The standard InChI is InChI=1S/C21H17Cl2N3O5S/c22-16-8-9-20(15(11-16)10-14-4-1-2-7-19(14)23)25-21(27)13-24-32(30,31)18-6-3-5-17(12-18)26(28)29/h1-9,11-12,24H,10,13H2,(H,25,27). The van der Waals surface area contributed by atoms with Gasteiger partial charge in [0.25, 0.3) is 5.69 Å². The molecule has 0 aliphatic heterocycles. The van der Waals surface area contributed by atoms with Gasteiger partial charge in [-0.2, -0.15) is 0 Å². The Labute approximate surface area is 194 Å². The molecule has 3 rings (SSSR count). The average Bonchev–Trinajstić information content (AvgIpc) is 2.76. The summed E-state index contributed by atoms with van der Waals surface area (Å²) in [6.07, 6.45) is 0.398. The summed E-state index contributed by atoms with van der Waals surface area (Å²) in [5, 5.41) is 14.6. The van der Waals surface area contributed by atoms with E-state index in [1.54, 1.807) is 30.3 Å². The zero-order valence-corrected chi connectivity index (χ0v) is 18.7. The maximum atomic E-state index is 12.4. The van der Waals surface area contributed by atoms with Gasteiger partial charge >= 0.3 is 0 Å². The fourth-order valence-electron chi connectivity index (χ4n) is 2.88. The summed E-state index contributed by atoms with van der Waals surface area (Å²) >= 11 is 12.3. The number of amides is 1. The molecule has 3 aromatic carbocycles. The number of carbonyl (C=O) groups excluding carboxylic acids is 1. The van der Waals surface area contributed by atoms with Crippen LogP contribution in [0.5, 0.6) is 0 Å². The third-order valence-electron chi connectivity index (χ3n) is 4.44. The molecule has 0 fully saturated rings. The molecule has 0 saturated heterocycles. The quantitative estimate of drug-likeness (QED) is 0.355. The Kier molecular flexibility index (Phi) is 7.47. The highest BCUT2D eigenvalue weighted by atomic mass is 35.5. The Balaban J connectivity index is 1.72. The first kappa shape index (κ1) is 23.7. The molecule has 0 spiro atoms. The lowest BCUT2D eigenvalue weighted by molar-refractivity contribution is -0.385. The zero-order valence-electron chi connectivity index (χ0n) is 16.4. The van der Waals surface area contributed by atoms with Crippen molar-refractivity contribution in [1.29, 1.82) is 0 Å². The van der Waals surface area contributed by atoms with Crippen LogP contribution >= 0.6 is 23.2 Å². The Morgan fingerprint density at radius 3 is 2.44 bits per heavy atom. The van der Waals surface area contributed by atoms with Crippen LogP contribution in [-0.2, 0) is 21.2 Å². The molecule has 8 nitrogen and oxygen atoms in total. The molecule has 0 radical (unpaired) electrons. The normalized spacial score (nSPS) is 11.2. The second-order valence-electron chi connectivity index (χ2n) is 6.70. The number of halogens is 2. The van der Waals surface area contributed by atoms with Gasteiger partial charge in [-0.1, -0.05) is 47.5 Å². The summed E-state index contributed by atoms with van der Waals surface area (Å²) in [7, 11) is -4.13. The van der Waals surface area contributed by atoms with Crippen molar-refractivity contribution in [2.45, 2.75) is 11.3 Å². The Morgan fingerprint density at radius 1 is 0.969 bits per heavy atom. The summed E-state index contributed by atoms with van der Waals surface area (Å²) in [6, 6.07) is 16.7. The molecule has 2 N–H and O–H groups in total. The number of anilines is 1. The predicted molar refractivity (Wildman–Crippen MR) is 123 cm³/mol. The van der Waals surface area contributed by atoms with E-state index in [9.17, 15) is 23.3 Å². The van der Waals surface area contributed by atoms with Crippen molar-refractivity contribution in [3.05, 3.63) is 98.0 Å². The molecule has 0 saturated carbocycles. The second-order valence-corrected chi connectivity index (χ2v) is 9.31. The number of nitro groups is 1. The van der Waals surface area contributed by atoms with Gasteiger partial charge < -0.3 is 5.32 Å². The Morgan fingerprint density at radius 2 is 1.72 bits per heavy atom. The molecular formula is C21H17Cl2N3O5S. The van der Waals surface area contributed by atoms with E-state index in [2.05, 4.69) is 10.0 Å². The lowest BCUT2D eigenvalue weighted by Gasteiger charge is -2.13. The van der Waals surface area contributed by atoms with Crippen molar-refractivity contribution in [3.8, 4) is 0 Å². The van der Waals surface area contributed by atoms with Gasteiger partial charge in [-0.15, -0.1) is 0 Å². The van der Waals surface area contributed by atoms with Crippen molar-refractivity contribution < 1.29 is 18.1 Å². The number of hydrogen-bond donors (Lipinski definition) is 2. The number of non-ortho nitro benzene ring substituents is 1. The minimum atomic E-state index is -4.13. The monoisotopic (exact) mass is 493 g/mol. The van der Waals surface area contributed by atoms with Crippen LogP contribution in [-0.4, -0.2) is 25.8 Å². The molecule has 0 aromatic heterocycles. The van der Waals surface area contributed by atoms with Crippen LogP contribution in [0.4, 0.5) is 11.4 Å². The highest BCUT2D eigenvalue weighted by molar-refractivity contribution is 7.89. The van der Waals surface area contributed by atoms with Crippen LogP contribution in [0.25, 0.3) is 0 Å². The third-order valence-corrected chi connectivity index (χ3v) is 6.44. The van der Waals surface area contributed by atoms with Crippen molar-refractivity contribution in [3.63, 3.8) is 0 Å². The van der Waals surface area contributed by atoms with E-state index in [0.717, 1.165) is 11.6 Å². The van der Waals surface area contributed by atoms with Crippen molar-refractivity contribution in [1.82, 2.24) is 4.72 Å². The van der Waals surface area contributed by atoms with Crippen LogP contribution in [0.1, 0.15) is 11.1 Å². The summed E-state index contributed by atoms with van der Waals surface area (Å²) in [4.78, 5) is 22.3. The van der Waals surface area contributed by atoms with Gasteiger partial charge in [-0.25, -0.2) is 13.1 Å². The molecule has 0 bridgehead atoms. The van der Waals surface area contributed by atoms with Gasteiger partial charge in [0.05, 0.1) is 16.4 Å². The highest BCUT2D eigenvalue weighted by Crippen LogP contribution is 2.26. The summed E-state index contributed by atoms with van der Waals surface area (Å²) < 4.78 is 27.0. The lowest BCUT2D eigenvalue weighted by Crippen LogP contribution is -2.33. The molecule has 1 amide bonds. The van der Waals surface area contributed by atoms with E-state index in [4.69, 9.17) is 23.2 Å². The van der Waals surface area contributed by atoms with Crippen LogP contribution in [0.3, 0.4) is 0 Å². The molecule has 3 aromatic rings. The second kappa shape index (κ2) is 10.1. The Hall–Kier alpha value is -2.98. The summed E-state index contributed by atoms with van der Waals surface area (Å²) in [5.41, 5.74) is 1.61. The predicted octanol–water partition coefficient (Wildman–Crippen LogP) is 4.41. The number of sulfonamides is 1. The first-order valence-electron chi connectivity index (χ1n) is 9.21. The molecular weight excluding hydrogens is 477 g/mol. The van der Waals surface area contributed by atoms with E-state index in [1.165, 1.54) is 18.2 Å². The molecule has 0 heterocycles. The third kappa shape index (κ3) is 6.04. The van der Waals surface area contributed by atoms with E-state index in [-0.39, 0.29) is 10.6 Å². The van der Waals surface area contributed by atoms with Gasteiger partial charge in [-0.05, 0) is 41.5 Å². The number of nitrogens with one attached hydrogen (secondary N) is 2. The number of rotatable bonds is 8. The van der Waals surface area contributed by atoms with E-state index < -0.39 is 27.4 Å². The lowest BCUT2D eigenvalue weighted by atomic mass is 10.0. The molecule has 32 heavy (non-hydrogen) atoms. The molecule has 0 atom stereocenters. The van der Waals surface area contributed by atoms with Gasteiger partial charge in [0.1, 0.15) is 0 Å². The fraction of sp³-hybridized carbons (Fsp3) is 0.0952. The molecule has 0 aliphatic rings. The van der Waals surface area contributed by atoms with Crippen molar-refractivity contribution in [2.75, 3.05) is 11.9 Å². The summed E-state index contributed by atoms with van der Waals surface area (Å²) in [6.45, 7) is -0.570. The molecule has 166 valence electrons. The zero-order chi connectivity index (χ0) is 23.3. The van der Waals surface area contributed by atoms with Crippen LogP contribution in [0.15, 0.2) is 71.6 Å². The van der Waals surface area contributed by atoms with Crippen molar-refractivity contribution >= 4 is 50.5 Å². The topological polar surface area (TPSA) is 118 Å². The minimum Gasteiger partial charge on any atom is -0.325 e. The molecule has 0 unspecified atom stereocenters. The highest BCUT2D eigenvalue weighted by Gasteiger charge is 2.19. The Bertz CT molecular complexity index is 1280. The van der Waals surface area contributed by atoms with Gasteiger partial charge in [-0.3, -0.25) is 14.9 Å². The van der Waals surface area contributed by atoms with E-state index in [1.807, 2.05) is 12.1 Å². The number of nitrogens with zero attached hydrogens (tertiary/aromatic N) is 1. The largest absolute Gasteiger partial charge is 0.325 e. The number of carbonyl (C=O) groups is 1. The first-order chi connectivity index (χ1) is 15.2. The van der Waals surface area contributed by atoms with Gasteiger partial charge in [0, 0.05) is 34.3 Å². The average molecular weight is 494 g/mol. The van der Waals surface area contributed by atoms with Gasteiger partial charge in [0.2, 0.25) is 15.9 Å². The maximum Gasteiger partial charge on any atom is 0.270 e. The smallest absolute Gasteiger partial charge is 0.270 e. The molecule has 0 aliphatic carbocycles. The molecule has 11 heteroatoms. The van der Waals surface area contributed by atoms with Crippen molar-refractivity contribution in [2.24, 2.45) is 0 Å². The van der Waals surface area contributed by atoms with E-state index >= 15 is 0 Å². The van der Waals surface area contributed by atoms with Crippen LogP contribution < -0.4 is 10.0 Å². The SMILES string of the molecule is O=C(CNS(=O)(=O)c1cccc([N+](=O)[O-])c1)Nc1ccc(Cl)cc1Cc1ccccc1Cl. The van der Waals surface area contributed by atoms with E-state index in [0.29, 0.717) is 27.7 Å². The summed E-state index contributed by atoms with van der Waals surface area (Å²) in [5.74, 6) is -0.623. The fourth-order valence-corrected chi connectivity index (χ4v) is 4.30. The maximum absolute atomic E-state index is 12.4. The number of nitro benzene ring substituents is 1. The van der Waals surface area contributed by atoms with Crippen LogP contribution in [0, 0.1) is 10.1 Å². The van der Waals surface area contributed by atoms with Gasteiger partial charge in [0.15, 0.2) is 0 Å². The number of hydrogen-bond acceptors (Lipinski definition) is 5.